The van der Waals surface area contributed by atoms with Gasteiger partial charge in [-0.05, 0) is 24.1 Å². The van der Waals surface area contributed by atoms with Gasteiger partial charge in [0.2, 0.25) is 5.91 Å². The molecule has 0 aliphatic carbocycles. The van der Waals surface area contributed by atoms with Crippen LogP contribution in [0.2, 0.25) is 0 Å². The van der Waals surface area contributed by atoms with Gasteiger partial charge in [-0.15, -0.1) is 0 Å². The van der Waals surface area contributed by atoms with Crippen molar-refractivity contribution in [2.45, 2.75) is 0 Å². The van der Waals surface area contributed by atoms with Gasteiger partial charge in [0.05, 0.1) is 42.8 Å². The molecule has 1 aliphatic rings. The average molecular weight is 374 g/mol. The van der Waals surface area contributed by atoms with E-state index in [0.29, 0.717) is 45.2 Å². The number of ether oxygens (including phenoxy) is 2. The zero-order valence-corrected chi connectivity index (χ0v) is 15.7. The molecular formula is C21H18N4O3. The van der Waals surface area contributed by atoms with Crippen molar-refractivity contribution >= 4 is 17.3 Å². The van der Waals surface area contributed by atoms with E-state index in [2.05, 4.69) is 23.0 Å². The second-order valence-corrected chi connectivity index (χ2v) is 5.96. The van der Waals surface area contributed by atoms with Crippen LogP contribution in [0.3, 0.4) is 0 Å². The van der Waals surface area contributed by atoms with Crippen LogP contribution in [0.4, 0.5) is 5.69 Å². The number of likely N-dealkylation sites (N-methyl/N-ethyl adjacent to an activating group) is 1. The van der Waals surface area contributed by atoms with Crippen LogP contribution in [0.1, 0.15) is 22.3 Å². The van der Waals surface area contributed by atoms with E-state index in [0.717, 1.165) is 0 Å². The molecular weight excluding hydrogens is 356 g/mol. The van der Waals surface area contributed by atoms with Crippen LogP contribution in [0.25, 0.3) is 0 Å². The zero-order chi connectivity index (χ0) is 20.3. The third-order valence-electron chi connectivity index (χ3n) is 4.44. The van der Waals surface area contributed by atoms with Crippen molar-refractivity contribution < 1.29 is 14.3 Å². The van der Waals surface area contributed by atoms with Crippen LogP contribution in [-0.4, -0.2) is 39.4 Å². The van der Waals surface area contributed by atoms with Gasteiger partial charge in [-0.1, -0.05) is 12.1 Å². The lowest BCUT2D eigenvalue weighted by molar-refractivity contribution is -0.116. The molecule has 0 fully saturated rings. The van der Waals surface area contributed by atoms with Crippen molar-refractivity contribution in [1.29, 1.82) is 5.26 Å². The van der Waals surface area contributed by atoms with E-state index in [1.165, 1.54) is 19.1 Å². The molecule has 7 nitrogen and oxygen atoms in total. The third-order valence-corrected chi connectivity index (χ3v) is 4.44. The van der Waals surface area contributed by atoms with Gasteiger partial charge in [-0.3, -0.25) is 9.79 Å². The van der Waals surface area contributed by atoms with Gasteiger partial charge in [-0.25, -0.2) is 0 Å². The highest BCUT2D eigenvalue weighted by Gasteiger charge is 2.29. The van der Waals surface area contributed by atoms with Crippen LogP contribution < -0.4 is 20.1 Å². The highest BCUT2D eigenvalue weighted by Crippen LogP contribution is 2.41. The molecule has 0 radical (unpaired) electrons. The van der Waals surface area contributed by atoms with Crippen LogP contribution >= 0.6 is 0 Å². The van der Waals surface area contributed by atoms with Gasteiger partial charge < -0.3 is 20.1 Å². The number of fused-ring (bicyclic) bond motifs is 1. The predicted octanol–water partition coefficient (Wildman–Crippen LogP) is 1.66. The quantitative estimate of drug-likeness (QED) is 0.650. The number of benzodiazepines with no additional fused rings is 1. The van der Waals surface area contributed by atoms with Crippen molar-refractivity contribution in [3.8, 4) is 29.5 Å². The molecule has 140 valence electrons. The minimum Gasteiger partial charge on any atom is -0.493 e. The Morgan fingerprint density at radius 3 is 2.68 bits per heavy atom. The summed E-state index contributed by atoms with van der Waals surface area (Å²) in [5.41, 5.74) is 8.85. The largest absolute Gasteiger partial charge is 0.493 e. The Morgan fingerprint density at radius 1 is 1.25 bits per heavy atom. The Labute approximate surface area is 163 Å². The first-order valence-electron chi connectivity index (χ1n) is 8.38. The van der Waals surface area contributed by atoms with E-state index < -0.39 is 0 Å². The number of nitrogens with zero attached hydrogens (tertiary/aromatic N) is 3. The number of carbonyl (C=O) groups excluding carboxylic acids is 1. The van der Waals surface area contributed by atoms with E-state index in [4.69, 9.17) is 15.2 Å². The lowest BCUT2D eigenvalue weighted by atomic mass is 9.95. The molecule has 0 saturated heterocycles. The van der Waals surface area contributed by atoms with Gasteiger partial charge in [0.15, 0.2) is 11.5 Å². The number of nitrogens with two attached hydrogens (primary N) is 1. The lowest BCUT2D eigenvalue weighted by Gasteiger charge is -2.23. The Hall–Kier alpha value is -3.97. The summed E-state index contributed by atoms with van der Waals surface area (Å²) in [5, 5.41) is 9.24. The number of nitriles is 1. The molecule has 0 aromatic heterocycles. The third kappa shape index (κ3) is 3.10. The fraction of sp³-hybridized carbons (Fsp3) is 0.190. The summed E-state index contributed by atoms with van der Waals surface area (Å²) in [5.74, 6) is 3.43. The Kier molecular flexibility index (Phi) is 5.19. The Bertz CT molecular complexity index is 1090. The smallest absolute Gasteiger partial charge is 0.248 e. The van der Waals surface area contributed by atoms with Crippen molar-refractivity contribution in [1.82, 2.24) is 0 Å². The summed E-state index contributed by atoms with van der Waals surface area (Å²) in [6.07, 6.45) is 0. The van der Waals surface area contributed by atoms with Crippen molar-refractivity contribution in [3.05, 3.63) is 52.6 Å². The maximum Gasteiger partial charge on any atom is 0.248 e. The summed E-state index contributed by atoms with van der Waals surface area (Å²) in [6.45, 7) is -0.0442. The molecule has 0 bridgehead atoms. The molecule has 0 saturated carbocycles. The maximum absolute atomic E-state index is 12.6. The molecule has 0 atom stereocenters. The molecule has 0 unspecified atom stereocenters. The number of methoxy groups -OCH3 is 2. The normalized spacial score (nSPS) is 12.7. The predicted molar refractivity (Wildman–Crippen MR) is 106 cm³/mol. The zero-order valence-electron chi connectivity index (χ0n) is 15.7. The molecule has 2 aromatic rings. The Balaban J connectivity index is 2.40. The highest BCUT2D eigenvalue weighted by atomic mass is 16.5. The molecule has 3 rings (SSSR count). The molecule has 1 heterocycles. The van der Waals surface area contributed by atoms with Gasteiger partial charge >= 0.3 is 0 Å². The lowest BCUT2D eigenvalue weighted by Crippen LogP contribution is -2.29. The number of amides is 1. The minimum absolute atomic E-state index is 0.0442. The molecule has 2 aromatic carbocycles. The minimum atomic E-state index is -0.208. The van der Waals surface area contributed by atoms with Gasteiger partial charge in [0.25, 0.3) is 0 Å². The number of aliphatic imine (C=N–C) groups is 1. The van der Waals surface area contributed by atoms with Crippen LogP contribution in [-0.2, 0) is 4.79 Å². The second kappa shape index (κ2) is 7.73. The topological polar surface area (TPSA) is 101 Å². The maximum atomic E-state index is 12.6. The molecule has 1 amide bonds. The number of benzene rings is 2. The van der Waals surface area contributed by atoms with Crippen LogP contribution in [0.15, 0.2) is 35.3 Å². The van der Waals surface area contributed by atoms with Gasteiger partial charge in [-0.2, -0.15) is 5.26 Å². The average Bonchev–Trinajstić information content (AvgIpc) is 2.84. The second-order valence-electron chi connectivity index (χ2n) is 5.96. The summed E-state index contributed by atoms with van der Waals surface area (Å²) in [4.78, 5) is 18.6. The molecule has 28 heavy (non-hydrogen) atoms. The Morgan fingerprint density at radius 2 is 2.04 bits per heavy atom. The van der Waals surface area contributed by atoms with E-state index in [9.17, 15) is 10.1 Å². The standard InChI is InChI=1S/C21H18N4O3/c1-25-18(26)12-24-19(14-6-4-5-13(9-14)11-23)16-10-17(27-2)21(28-3)15(7-8-22)20(16)25/h4-6,9-10H,12,22H2,1-3H3. The highest BCUT2D eigenvalue weighted by molar-refractivity contribution is 6.20. The first kappa shape index (κ1) is 18.8. The molecule has 0 spiro atoms. The number of carbonyl (C=O) groups is 1. The number of rotatable bonds is 3. The fourth-order valence-corrected chi connectivity index (χ4v) is 3.15. The van der Waals surface area contributed by atoms with E-state index in [1.54, 1.807) is 31.3 Å². The van der Waals surface area contributed by atoms with Gasteiger partial charge in [0.1, 0.15) is 6.54 Å². The fourth-order valence-electron chi connectivity index (χ4n) is 3.15. The summed E-state index contributed by atoms with van der Waals surface area (Å²) in [6, 6.07) is 13.3. The van der Waals surface area contributed by atoms with Crippen LogP contribution in [0, 0.1) is 23.3 Å². The van der Waals surface area contributed by atoms with Crippen molar-refractivity contribution in [2.75, 3.05) is 32.7 Å². The monoisotopic (exact) mass is 374 g/mol. The number of hydrogen-bond donors (Lipinski definition) is 1. The van der Waals surface area contributed by atoms with Crippen LogP contribution in [0.5, 0.6) is 11.5 Å². The van der Waals surface area contributed by atoms with E-state index in [-0.39, 0.29) is 12.5 Å². The number of anilines is 1. The summed E-state index contributed by atoms with van der Waals surface area (Å²) in [7, 11) is 4.66. The first-order valence-corrected chi connectivity index (χ1v) is 8.38. The first-order chi connectivity index (χ1) is 13.5. The summed E-state index contributed by atoms with van der Waals surface area (Å²) >= 11 is 0. The SMILES string of the molecule is COc1cc2c(c(C#CN)c1OC)N(C)C(=O)CN=C2c1cccc(C#N)c1. The van der Waals surface area contributed by atoms with Crippen molar-refractivity contribution in [3.63, 3.8) is 0 Å². The summed E-state index contributed by atoms with van der Waals surface area (Å²) < 4.78 is 11.0. The number of hydrogen-bond acceptors (Lipinski definition) is 6. The molecule has 1 aliphatic heterocycles. The molecule has 2 N–H and O–H groups in total. The van der Waals surface area contributed by atoms with E-state index in [1.807, 2.05) is 6.07 Å². The van der Waals surface area contributed by atoms with Crippen molar-refractivity contribution in [2.24, 2.45) is 10.7 Å². The molecule has 7 heteroatoms. The van der Waals surface area contributed by atoms with Gasteiger partial charge in [0, 0.05) is 24.2 Å². The van der Waals surface area contributed by atoms with E-state index >= 15 is 0 Å².